The van der Waals surface area contributed by atoms with Crippen LogP contribution >= 0.6 is 0 Å². The normalized spacial score (nSPS) is 14.9. The minimum Gasteiger partial charge on any atom is -0.449 e. The number of imide groups is 1. The molecule has 0 radical (unpaired) electrons. The molecule has 1 saturated heterocycles. The van der Waals surface area contributed by atoms with Crippen LogP contribution in [-0.4, -0.2) is 51.8 Å². The molecule has 2 aromatic rings. The Bertz CT molecular complexity index is 860. The van der Waals surface area contributed by atoms with Crippen LogP contribution in [0.15, 0.2) is 30.3 Å². The van der Waals surface area contributed by atoms with Crippen molar-refractivity contribution in [2.45, 2.75) is 26.9 Å². The number of carbonyl (C=O) groups excluding carboxylic acids is 3. The van der Waals surface area contributed by atoms with Crippen LogP contribution in [0.5, 0.6) is 0 Å². The van der Waals surface area contributed by atoms with E-state index in [1.54, 1.807) is 18.5 Å². The summed E-state index contributed by atoms with van der Waals surface area (Å²) in [6.07, 6.45) is -1.06. The molecule has 8 heteroatoms. The summed E-state index contributed by atoms with van der Waals surface area (Å²) in [5, 5.41) is 6.94. The minimum absolute atomic E-state index is 0.267. The fraction of sp³-hybridized carbons (Fsp3) is 0.333. The summed E-state index contributed by atoms with van der Waals surface area (Å²) in [6, 6.07) is 8.95. The third-order valence-corrected chi connectivity index (χ3v) is 4.25. The van der Waals surface area contributed by atoms with Gasteiger partial charge in [-0.05, 0) is 32.9 Å². The number of nitrogens with one attached hydrogen (secondary N) is 1. The number of amides is 3. The van der Waals surface area contributed by atoms with E-state index in [-0.39, 0.29) is 6.54 Å². The number of hydrogen-bond donors (Lipinski definition) is 1. The first-order valence-electron chi connectivity index (χ1n) is 8.32. The molecule has 2 heterocycles. The third-order valence-electron chi connectivity index (χ3n) is 4.25. The Hall–Kier alpha value is -3.16. The lowest BCUT2D eigenvalue weighted by atomic mass is 10.2. The maximum Gasteiger partial charge on any atom is 0.342 e. The van der Waals surface area contributed by atoms with Gasteiger partial charge >= 0.3 is 12.0 Å². The molecule has 1 aromatic heterocycles. The van der Waals surface area contributed by atoms with Gasteiger partial charge in [0.2, 0.25) is 0 Å². The quantitative estimate of drug-likeness (QED) is 0.840. The number of para-hydroxylation sites is 1. The highest BCUT2D eigenvalue weighted by molar-refractivity contribution is 6.00. The van der Waals surface area contributed by atoms with Crippen molar-refractivity contribution < 1.29 is 19.1 Å². The summed E-state index contributed by atoms with van der Waals surface area (Å²) in [4.78, 5) is 37.5. The van der Waals surface area contributed by atoms with Gasteiger partial charge in [0.25, 0.3) is 5.91 Å². The Labute approximate surface area is 150 Å². The van der Waals surface area contributed by atoms with Crippen molar-refractivity contribution in [2.24, 2.45) is 0 Å². The van der Waals surface area contributed by atoms with Gasteiger partial charge in [0, 0.05) is 13.1 Å². The van der Waals surface area contributed by atoms with E-state index in [2.05, 4.69) is 10.4 Å². The molecular formula is C18H20N4O4. The average Bonchev–Trinajstić information content (AvgIpc) is 3.17. The van der Waals surface area contributed by atoms with Crippen LogP contribution in [-0.2, 0) is 9.53 Å². The van der Waals surface area contributed by atoms with Crippen molar-refractivity contribution in [1.82, 2.24) is 20.0 Å². The molecule has 0 bridgehead atoms. The first kappa shape index (κ1) is 17.7. The molecule has 0 aliphatic carbocycles. The average molecular weight is 356 g/mol. The van der Waals surface area contributed by atoms with Crippen LogP contribution in [0.3, 0.4) is 0 Å². The van der Waals surface area contributed by atoms with E-state index in [9.17, 15) is 14.4 Å². The van der Waals surface area contributed by atoms with Crippen LogP contribution in [0, 0.1) is 13.8 Å². The fourth-order valence-corrected chi connectivity index (χ4v) is 2.93. The third kappa shape index (κ3) is 3.17. The Balaban J connectivity index is 1.79. The molecule has 1 aromatic carbocycles. The highest BCUT2D eigenvalue weighted by Crippen LogP contribution is 2.19. The summed E-state index contributed by atoms with van der Waals surface area (Å²) in [5.41, 5.74) is 2.27. The zero-order chi connectivity index (χ0) is 18.8. The Morgan fingerprint density at radius 1 is 1.23 bits per heavy atom. The van der Waals surface area contributed by atoms with Crippen molar-refractivity contribution in [3.05, 3.63) is 47.3 Å². The molecule has 1 unspecified atom stereocenters. The monoisotopic (exact) mass is 356 g/mol. The van der Waals surface area contributed by atoms with Crippen molar-refractivity contribution in [2.75, 3.05) is 13.1 Å². The van der Waals surface area contributed by atoms with Gasteiger partial charge in [-0.15, -0.1) is 0 Å². The Kier molecular flexibility index (Phi) is 4.75. The van der Waals surface area contributed by atoms with Crippen LogP contribution in [0.25, 0.3) is 5.69 Å². The number of esters is 1. The zero-order valence-electron chi connectivity index (χ0n) is 14.9. The molecule has 1 aliphatic rings. The molecule has 26 heavy (non-hydrogen) atoms. The standard InChI is InChI=1S/C18H20N4O4/c1-11-15(12(2)22(20-11)14-7-5-4-6-8-14)17(24)26-13(3)16(23)21-10-9-19-18(21)25/h4-8,13H,9-10H2,1-3H3,(H,19,25). The fourth-order valence-electron chi connectivity index (χ4n) is 2.93. The van der Waals surface area contributed by atoms with Gasteiger partial charge in [0.15, 0.2) is 6.10 Å². The topological polar surface area (TPSA) is 93.5 Å². The second-order valence-corrected chi connectivity index (χ2v) is 6.06. The van der Waals surface area contributed by atoms with Crippen LogP contribution in [0.1, 0.15) is 28.7 Å². The summed E-state index contributed by atoms with van der Waals surface area (Å²) in [6.45, 7) is 5.60. The molecule has 0 saturated carbocycles. The van der Waals surface area contributed by atoms with Gasteiger partial charge in [-0.25, -0.2) is 14.3 Å². The SMILES string of the molecule is Cc1nn(-c2ccccc2)c(C)c1C(=O)OC(C)C(=O)N1CCNC1=O. The molecule has 3 amide bonds. The first-order valence-corrected chi connectivity index (χ1v) is 8.32. The van der Waals surface area contributed by atoms with Gasteiger partial charge in [-0.2, -0.15) is 5.10 Å². The largest absolute Gasteiger partial charge is 0.449 e. The second-order valence-electron chi connectivity index (χ2n) is 6.06. The summed E-state index contributed by atoms with van der Waals surface area (Å²) < 4.78 is 6.97. The smallest absolute Gasteiger partial charge is 0.342 e. The van der Waals surface area contributed by atoms with Crippen molar-refractivity contribution in [3.63, 3.8) is 0 Å². The maximum absolute atomic E-state index is 12.6. The molecule has 1 atom stereocenters. The van der Waals surface area contributed by atoms with E-state index >= 15 is 0 Å². The number of hydrogen-bond acceptors (Lipinski definition) is 5. The zero-order valence-corrected chi connectivity index (χ0v) is 14.9. The number of rotatable bonds is 4. The highest BCUT2D eigenvalue weighted by Gasteiger charge is 2.32. The molecule has 8 nitrogen and oxygen atoms in total. The molecule has 1 aliphatic heterocycles. The Morgan fingerprint density at radius 2 is 1.92 bits per heavy atom. The predicted molar refractivity (Wildman–Crippen MR) is 93.0 cm³/mol. The van der Waals surface area contributed by atoms with Crippen molar-refractivity contribution in [3.8, 4) is 5.69 Å². The first-order chi connectivity index (χ1) is 12.4. The number of ether oxygens (including phenoxy) is 1. The van der Waals surface area contributed by atoms with E-state index in [4.69, 9.17) is 4.74 Å². The number of nitrogens with zero attached hydrogens (tertiary/aromatic N) is 3. The molecule has 3 rings (SSSR count). The summed E-state index contributed by atoms with van der Waals surface area (Å²) in [5.74, 6) is -1.18. The maximum atomic E-state index is 12.6. The van der Waals surface area contributed by atoms with Crippen LogP contribution < -0.4 is 5.32 Å². The number of aryl methyl sites for hydroxylation is 1. The van der Waals surface area contributed by atoms with Gasteiger partial charge in [0.05, 0.1) is 17.1 Å². The van der Waals surface area contributed by atoms with Gasteiger partial charge in [-0.3, -0.25) is 9.69 Å². The minimum atomic E-state index is -1.06. The van der Waals surface area contributed by atoms with Crippen LogP contribution in [0.4, 0.5) is 4.79 Å². The lowest BCUT2D eigenvalue weighted by Crippen LogP contribution is -2.41. The highest BCUT2D eigenvalue weighted by atomic mass is 16.5. The van der Waals surface area contributed by atoms with Crippen LogP contribution in [0.2, 0.25) is 0 Å². The van der Waals surface area contributed by atoms with Crippen molar-refractivity contribution in [1.29, 1.82) is 0 Å². The number of aromatic nitrogens is 2. The molecule has 1 fully saturated rings. The second kappa shape index (κ2) is 6.99. The van der Waals surface area contributed by atoms with E-state index in [0.29, 0.717) is 23.5 Å². The van der Waals surface area contributed by atoms with Gasteiger partial charge in [-0.1, -0.05) is 18.2 Å². The van der Waals surface area contributed by atoms with Gasteiger partial charge in [0.1, 0.15) is 5.56 Å². The number of urea groups is 1. The van der Waals surface area contributed by atoms with E-state index < -0.39 is 24.0 Å². The summed E-state index contributed by atoms with van der Waals surface area (Å²) in [7, 11) is 0. The lowest BCUT2D eigenvalue weighted by Gasteiger charge is -2.18. The lowest BCUT2D eigenvalue weighted by molar-refractivity contribution is -0.136. The van der Waals surface area contributed by atoms with Crippen molar-refractivity contribution >= 4 is 17.9 Å². The van der Waals surface area contributed by atoms with E-state index in [0.717, 1.165) is 10.6 Å². The number of benzene rings is 1. The molecular weight excluding hydrogens is 336 g/mol. The Morgan fingerprint density at radius 3 is 2.54 bits per heavy atom. The molecule has 1 N–H and O–H groups in total. The number of carbonyl (C=O) groups is 3. The summed E-state index contributed by atoms with van der Waals surface area (Å²) >= 11 is 0. The van der Waals surface area contributed by atoms with E-state index in [1.165, 1.54) is 6.92 Å². The molecule has 136 valence electrons. The predicted octanol–water partition coefficient (Wildman–Crippen LogP) is 1.59. The molecule has 0 spiro atoms. The van der Waals surface area contributed by atoms with E-state index in [1.807, 2.05) is 30.3 Å². The van der Waals surface area contributed by atoms with Gasteiger partial charge < -0.3 is 10.1 Å².